The summed E-state index contributed by atoms with van der Waals surface area (Å²) in [5.41, 5.74) is 0. The smallest absolute Gasteiger partial charge is 0.237 e. The van der Waals surface area contributed by atoms with Crippen LogP contribution in [0.25, 0.3) is 0 Å². The average Bonchev–Trinajstić information content (AvgIpc) is 2.32. The number of carbonyl (C=O) groups is 2. The van der Waals surface area contributed by atoms with Crippen molar-refractivity contribution in [2.45, 2.75) is 51.6 Å². The Hall–Kier alpha value is -1.10. The van der Waals surface area contributed by atoms with Crippen molar-refractivity contribution < 1.29 is 9.59 Å². The molecule has 17 heavy (non-hydrogen) atoms. The van der Waals surface area contributed by atoms with E-state index < -0.39 is 0 Å². The minimum absolute atomic E-state index is 0.00413. The Balaban J connectivity index is 2.29. The van der Waals surface area contributed by atoms with Crippen molar-refractivity contribution in [3.63, 3.8) is 0 Å². The van der Waals surface area contributed by atoms with E-state index in [2.05, 4.69) is 22.9 Å². The quantitative estimate of drug-likeness (QED) is 0.580. The van der Waals surface area contributed by atoms with E-state index in [4.69, 9.17) is 0 Å². The van der Waals surface area contributed by atoms with Crippen molar-refractivity contribution in [3.8, 4) is 0 Å². The molecule has 3 N–H and O–H groups in total. The van der Waals surface area contributed by atoms with Crippen LogP contribution in [-0.2, 0) is 9.59 Å². The second kappa shape index (κ2) is 7.27. The number of unbranched alkanes of at least 4 members (excludes halogenated alkanes) is 1. The van der Waals surface area contributed by atoms with Gasteiger partial charge in [0.15, 0.2) is 0 Å². The molecule has 2 unspecified atom stereocenters. The van der Waals surface area contributed by atoms with Crippen LogP contribution in [0.5, 0.6) is 0 Å². The molecule has 98 valence electrons. The van der Waals surface area contributed by atoms with E-state index in [0.29, 0.717) is 6.54 Å². The fraction of sp³-hybridized carbons (Fsp3) is 0.833. The van der Waals surface area contributed by atoms with Crippen LogP contribution in [-0.4, -0.2) is 37.0 Å². The molecule has 0 aromatic heterocycles. The third-order valence-electron chi connectivity index (χ3n) is 2.96. The van der Waals surface area contributed by atoms with Gasteiger partial charge in [-0.05, 0) is 26.2 Å². The first kappa shape index (κ1) is 14.0. The zero-order valence-electron chi connectivity index (χ0n) is 10.7. The van der Waals surface area contributed by atoms with E-state index in [-0.39, 0.29) is 23.9 Å². The maximum Gasteiger partial charge on any atom is 0.237 e. The summed E-state index contributed by atoms with van der Waals surface area (Å²) in [7, 11) is 0. The summed E-state index contributed by atoms with van der Waals surface area (Å²) in [4.78, 5) is 23.2. The van der Waals surface area contributed by atoms with Crippen molar-refractivity contribution >= 4 is 11.8 Å². The number of hydrogen-bond donors (Lipinski definition) is 3. The minimum Gasteiger partial charge on any atom is -0.355 e. The molecule has 0 aromatic carbocycles. The third kappa shape index (κ3) is 4.73. The fourth-order valence-electron chi connectivity index (χ4n) is 1.85. The van der Waals surface area contributed by atoms with Gasteiger partial charge in [0.1, 0.15) is 0 Å². The Morgan fingerprint density at radius 3 is 3.00 bits per heavy atom. The van der Waals surface area contributed by atoms with Crippen LogP contribution in [0, 0.1) is 0 Å². The van der Waals surface area contributed by atoms with Crippen LogP contribution < -0.4 is 16.0 Å². The number of piperidine rings is 1. The molecule has 2 amide bonds. The van der Waals surface area contributed by atoms with Gasteiger partial charge in [0.05, 0.1) is 12.1 Å². The lowest BCUT2D eigenvalue weighted by Gasteiger charge is -2.25. The summed E-state index contributed by atoms with van der Waals surface area (Å²) in [6, 6.07) is -0.545. The minimum atomic E-state index is -0.319. The Labute approximate surface area is 103 Å². The molecule has 0 spiro atoms. The maximum absolute atomic E-state index is 11.7. The highest BCUT2D eigenvalue weighted by Crippen LogP contribution is 2.03. The topological polar surface area (TPSA) is 70.2 Å². The molecule has 5 nitrogen and oxygen atoms in total. The number of amides is 2. The predicted octanol–water partition coefficient (Wildman–Crippen LogP) is 0.159. The highest BCUT2D eigenvalue weighted by atomic mass is 16.2. The first-order valence-electron chi connectivity index (χ1n) is 6.46. The van der Waals surface area contributed by atoms with Crippen molar-refractivity contribution in [2.75, 3.05) is 13.1 Å². The van der Waals surface area contributed by atoms with Gasteiger partial charge in [-0.2, -0.15) is 0 Å². The summed E-state index contributed by atoms with van der Waals surface area (Å²) in [6.07, 6.45) is 3.82. The van der Waals surface area contributed by atoms with Gasteiger partial charge in [-0.3, -0.25) is 14.9 Å². The molecular weight excluding hydrogens is 218 g/mol. The van der Waals surface area contributed by atoms with Gasteiger partial charge in [-0.15, -0.1) is 0 Å². The second-order valence-electron chi connectivity index (χ2n) is 4.52. The lowest BCUT2D eigenvalue weighted by Crippen LogP contribution is -2.54. The Bertz CT molecular complexity index is 268. The Kier molecular flexibility index (Phi) is 5.97. The van der Waals surface area contributed by atoms with Crippen LogP contribution >= 0.6 is 0 Å². The zero-order chi connectivity index (χ0) is 12.7. The molecule has 0 aromatic rings. The van der Waals surface area contributed by atoms with E-state index in [1.165, 1.54) is 0 Å². The highest BCUT2D eigenvalue weighted by molar-refractivity contribution is 5.85. The molecule has 1 aliphatic heterocycles. The van der Waals surface area contributed by atoms with Crippen LogP contribution in [0.3, 0.4) is 0 Å². The summed E-state index contributed by atoms with van der Waals surface area (Å²) in [6.45, 7) is 5.33. The average molecular weight is 241 g/mol. The van der Waals surface area contributed by atoms with Gasteiger partial charge in [0.25, 0.3) is 0 Å². The molecule has 0 saturated carbocycles. The molecule has 1 aliphatic rings. The number of carbonyl (C=O) groups excluding carboxylic acids is 2. The van der Waals surface area contributed by atoms with E-state index in [0.717, 1.165) is 32.2 Å². The largest absolute Gasteiger partial charge is 0.355 e. The standard InChI is InChI=1S/C12H23N3O2/c1-3-4-7-13-11(16)9(2)15-10-6-5-8-14-12(10)17/h9-10,15H,3-8H2,1-2H3,(H,13,16)(H,14,17). The van der Waals surface area contributed by atoms with Gasteiger partial charge in [-0.1, -0.05) is 13.3 Å². The van der Waals surface area contributed by atoms with Crippen LogP contribution in [0.2, 0.25) is 0 Å². The first-order valence-corrected chi connectivity index (χ1v) is 6.46. The molecule has 1 fully saturated rings. The summed E-state index contributed by atoms with van der Waals surface area (Å²) < 4.78 is 0. The van der Waals surface area contributed by atoms with Gasteiger partial charge < -0.3 is 10.6 Å². The maximum atomic E-state index is 11.7. The highest BCUT2D eigenvalue weighted by Gasteiger charge is 2.25. The van der Waals surface area contributed by atoms with Crippen molar-refractivity contribution in [3.05, 3.63) is 0 Å². The molecule has 2 atom stereocenters. The summed E-state index contributed by atoms with van der Waals surface area (Å²) >= 11 is 0. The molecular formula is C12H23N3O2. The second-order valence-corrected chi connectivity index (χ2v) is 4.52. The Morgan fingerprint density at radius 1 is 1.59 bits per heavy atom. The van der Waals surface area contributed by atoms with Gasteiger partial charge >= 0.3 is 0 Å². The monoisotopic (exact) mass is 241 g/mol. The molecule has 1 rings (SSSR count). The van der Waals surface area contributed by atoms with Crippen LogP contribution in [0.1, 0.15) is 39.5 Å². The van der Waals surface area contributed by atoms with Crippen LogP contribution in [0.15, 0.2) is 0 Å². The zero-order valence-corrected chi connectivity index (χ0v) is 10.7. The molecule has 1 saturated heterocycles. The SMILES string of the molecule is CCCCNC(=O)C(C)NC1CCCNC1=O. The molecule has 0 radical (unpaired) electrons. The molecule has 0 bridgehead atoms. The van der Waals surface area contributed by atoms with Gasteiger partial charge in [0, 0.05) is 13.1 Å². The molecule has 0 aliphatic carbocycles. The normalized spacial score (nSPS) is 21.8. The van der Waals surface area contributed by atoms with E-state index in [9.17, 15) is 9.59 Å². The Morgan fingerprint density at radius 2 is 2.35 bits per heavy atom. The predicted molar refractivity (Wildman–Crippen MR) is 66.5 cm³/mol. The molecule has 5 heteroatoms. The first-order chi connectivity index (χ1) is 8.15. The summed E-state index contributed by atoms with van der Waals surface area (Å²) in [5.74, 6) is -0.0266. The number of rotatable bonds is 6. The van der Waals surface area contributed by atoms with Crippen molar-refractivity contribution in [1.82, 2.24) is 16.0 Å². The van der Waals surface area contributed by atoms with Crippen LogP contribution in [0.4, 0.5) is 0 Å². The number of hydrogen-bond acceptors (Lipinski definition) is 3. The lowest BCUT2D eigenvalue weighted by molar-refractivity contribution is -0.126. The fourth-order valence-corrected chi connectivity index (χ4v) is 1.85. The van der Waals surface area contributed by atoms with Gasteiger partial charge in [-0.25, -0.2) is 0 Å². The van der Waals surface area contributed by atoms with E-state index >= 15 is 0 Å². The lowest BCUT2D eigenvalue weighted by atomic mass is 10.1. The molecule has 1 heterocycles. The van der Waals surface area contributed by atoms with Crippen molar-refractivity contribution in [1.29, 1.82) is 0 Å². The summed E-state index contributed by atoms with van der Waals surface area (Å²) in [5, 5.41) is 8.72. The van der Waals surface area contributed by atoms with Crippen molar-refractivity contribution in [2.24, 2.45) is 0 Å². The third-order valence-corrected chi connectivity index (χ3v) is 2.96. The van der Waals surface area contributed by atoms with E-state index in [1.807, 2.05) is 0 Å². The van der Waals surface area contributed by atoms with E-state index in [1.54, 1.807) is 6.92 Å². The van der Waals surface area contributed by atoms with Gasteiger partial charge in [0.2, 0.25) is 11.8 Å². The number of nitrogens with one attached hydrogen (secondary N) is 3.